The number of rotatable bonds is 6. The lowest BCUT2D eigenvalue weighted by Crippen LogP contribution is -2.38. The first-order chi connectivity index (χ1) is 12.7. The summed E-state index contributed by atoms with van der Waals surface area (Å²) in [5, 5.41) is 3.09. The molecule has 1 N–H and O–H groups in total. The number of aromatic nitrogens is 1. The number of benzene rings is 1. The van der Waals surface area contributed by atoms with Crippen LogP contribution in [0.15, 0.2) is 24.4 Å². The Hall–Kier alpha value is -1.91. The Labute approximate surface area is 160 Å². The van der Waals surface area contributed by atoms with Gasteiger partial charge in [-0.2, -0.15) is 0 Å². The summed E-state index contributed by atoms with van der Waals surface area (Å²) in [7, 11) is -1.28. The van der Waals surface area contributed by atoms with Crippen molar-refractivity contribution in [3.8, 4) is 0 Å². The van der Waals surface area contributed by atoms with Crippen LogP contribution in [0.3, 0.4) is 0 Å². The molecule has 1 fully saturated rings. The van der Waals surface area contributed by atoms with Crippen molar-refractivity contribution in [3.63, 3.8) is 0 Å². The number of carbonyl (C=O) groups excluding carboxylic acids is 1. The fourth-order valence-electron chi connectivity index (χ4n) is 2.94. The van der Waals surface area contributed by atoms with Crippen molar-refractivity contribution in [2.75, 3.05) is 30.4 Å². The molecule has 27 heavy (non-hydrogen) atoms. The number of carbonyl (C=O) groups is 1. The minimum Gasteiger partial charge on any atom is -0.301 e. The molecular weight excluding hydrogens is 396 g/mol. The van der Waals surface area contributed by atoms with Gasteiger partial charge >= 0.3 is 0 Å². The third kappa shape index (κ3) is 5.30. The number of amides is 1. The van der Waals surface area contributed by atoms with Gasteiger partial charge in [0.15, 0.2) is 26.6 Å². The van der Waals surface area contributed by atoms with E-state index < -0.39 is 21.5 Å². The summed E-state index contributed by atoms with van der Waals surface area (Å²) in [5.41, 5.74) is 0.609. The number of hydrogen-bond acceptors (Lipinski definition) is 6. The Morgan fingerprint density at radius 2 is 2.15 bits per heavy atom. The molecule has 1 saturated heterocycles. The predicted molar refractivity (Wildman–Crippen MR) is 99.6 cm³/mol. The summed E-state index contributed by atoms with van der Waals surface area (Å²) in [4.78, 5) is 18.8. The molecule has 2 heterocycles. The Morgan fingerprint density at radius 3 is 2.81 bits per heavy atom. The van der Waals surface area contributed by atoms with Crippen molar-refractivity contribution in [2.24, 2.45) is 0 Å². The molecule has 1 unspecified atom stereocenters. The van der Waals surface area contributed by atoms with Crippen LogP contribution in [0.2, 0.25) is 0 Å². The summed E-state index contributed by atoms with van der Waals surface area (Å²) >= 11 is 1.25. The van der Waals surface area contributed by atoms with E-state index in [0.29, 0.717) is 23.5 Å². The van der Waals surface area contributed by atoms with Gasteiger partial charge in [-0.25, -0.2) is 22.2 Å². The van der Waals surface area contributed by atoms with E-state index in [9.17, 15) is 22.0 Å². The number of sulfone groups is 1. The van der Waals surface area contributed by atoms with E-state index in [1.54, 1.807) is 18.1 Å². The summed E-state index contributed by atoms with van der Waals surface area (Å²) in [6.07, 6.45) is 2.49. The fraction of sp³-hybridized carbons (Fsp3) is 0.412. The number of nitrogens with zero attached hydrogens (tertiary/aromatic N) is 2. The van der Waals surface area contributed by atoms with Crippen molar-refractivity contribution in [3.05, 3.63) is 46.5 Å². The number of halogens is 2. The van der Waals surface area contributed by atoms with Crippen molar-refractivity contribution < 1.29 is 22.0 Å². The maximum atomic E-state index is 13.3. The number of nitrogens with one attached hydrogen (secondary N) is 1. The van der Waals surface area contributed by atoms with E-state index in [4.69, 9.17) is 0 Å². The third-order valence-corrected chi connectivity index (χ3v) is 7.05. The summed E-state index contributed by atoms with van der Waals surface area (Å²) in [5.74, 6) is -1.84. The van der Waals surface area contributed by atoms with E-state index in [2.05, 4.69) is 10.3 Å². The Morgan fingerprint density at radius 1 is 1.37 bits per heavy atom. The maximum absolute atomic E-state index is 13.3. The fourth-order valence-corrected chi connectivity index (χ4v) is 5.60. The largest absolute Gasteiger partial charge is 0.301 e. The topological polar surface area (TPSA) is 79.4 Å². The van der Waals surface area contributed by atoms with Gasteiger partial charge in [0.25, 0.3) is 0 Å². The molecule has 1 aliphatic rings. The minimum absolute atomic E-state index is 0.0677. The lowest BCUT2D eigenvalue weighted by atomic mass is 10.1. The third-order valence-electron chi connectivity index (χ3n) is 4.39. The van der Waals surface area contributed by atoms with Crippen LogP contribution in [0.4, 0.5) is 13.9 Å². The second-order valence-corrected chi connectivity index (χ2v) is 9.92. The zero-order chi connectivity index (χ0) is 19.6. The smallest absolute Gasteiger partial charge is 0.240 e. The lowest BCUT2D eigenvalue weighted by Gasteiger charge is -2.21. The average Bonchev–Trinajstić information content (AvgIpc) is 3.17. The molecule has 0 spiro atoms. The zero-order valence-electron chi connectivity index (χ0n) is 14.6. The zero-order valence-corrected chi connectivity index (χ0v) is 16.2. The van der Waals surface area contributed by atoms with Gasteiger partial charge < -0.3 is 5.32 Å². The minimum atomic E-state index is -3.00. The van der Waals surface area contributed by atoms with E-state index in [1.807, 2.05) is 0 Å². The van der Waals surface area contributed by atoms with Crippen LogP contribution in [-0.4, -0.2) is 55.3 Å². The van der Waals surface area contributed by atoms with E-state index in [1.165, 1.54) is 17.4 Å². The molecule has 6 nitrogen and oxygen atoms in total. The highest BCUT2D eigenvalue weighted by Gasteiger charge is 2.31. The highest BCUT2D eigenvalue weighted by Crippen LogP contribution is 2.22. The molecule has 1 aliphatic heterocycles. The van der Waals surface area contributed by atoms with Crippen LogP contribution in [-0.2, 0) is 21.1 Å². The predicted octanol–water partition coefficient (Wildman–Crippen LogP) is 2.07. The molecule has 1 atom stereocenters. The SMILES string of the molecule is CN(CC(=O)Nc1ncc(Cc2ccc(F)c(F)c2)s1)C1CCS(=O)(=O)C1. The molecule has 2 aromatic rings. The van der Waals surface area contributed by atoms with Crippen LogP contribution in [0, 0.1) is 11.6 Å². The van der Waals surface area contributed by atoms with Gasteiger partial charge in [-0.15, -0.1) is 11.3 Å². The molecule has 0 aliphatic carbocycles. The van der Waals surface area contributed by atoms with Gasteiger partial charge in [0.1, 0.15) is 0 Å². The van der Waals surface area contributed by atoms with Crippen LogP contribution >= 0.6 is 11.3 Å². The maximum Gasteiger partial charge on any atom is 0.240 e. The molecule has 146 valence electrons. The van der Waals surface area contributed by atoms with Gasteiger partial charge in [-0.05, 0) is 31.2 Å². The second-order valence-electron chi connectivity index (χ2n) is 6.58. The molecule has 10 heteroatoms. The number of thiazole rings is 1. The van der Waals surface area contributed by atoms with Crippen molar-refractivity contribution >= 4 is 32.2 Å². The van der Waals surface area contributed by atoms with E-state index in [-0.39, 0.29) is 30.0 Å². The summed E-state index contributed by atoms with van der Waals surface area (Å²) < 4.78 is 49.3. The first-order valence-corrected chi connectivity index (χ1v) is 10.9. The molecular formula is C17H19F2N3O3S2. The van der Waals surface area contributed by atoms with Crippen molar-refractivity contribution in [1.82, 2.24) is 9.88 Å². The Balaban J connectivity index is 1.54. The van der Waals surface area contributed by atoms with Crippen molar-refractivity contribution in [2.45, 2.75) is 18.9 Å². The standard InChI is InChI=1S/C17H19F2N3O3S2/c1-22(12-4-5-27(24,25)10-12)9-16(23)21-17-20-8-13(26-17)6-11-2-3-14(18)15(19)7-11/h2-3,7-8,12H,4-6,9-10H2,1H3,(H,20,21,23). The molecule has 1 aromatic carbocycles. The first-order valence-electron chi connectivity index (χ1n) is 8.31. The monoisotopic (exact) mass is 415 g/mol. The highest BCUT2D eigenvalue weighted by atomic mass is 32.2. The lowest BCUT2D eigenvalue weighted by molar-refractivity contribution is -0.117. The highest BCUT2D eigenvalue weighted by molar-refractivity contribution is 7.91. The van der Waals surface area contributed by atoms with Crippen LogP contribution in [0.1, 0.15) is 16.9 Å². The Bertz CT molecular complexity index is 947. The molecule has 1 amide bonds. The molecule has 1 aromatic heterocycles. The molecule has 0 saturated carbocycles. The number of hydrogen-bond donors (Lipinski definition) is 1. The van der Waals surface area contributed by atoms with Crippen LogP contribution in [0.25, 0.3) is 0 Å². The average molecular weight is 415 g/mol. The second kappa shape index (κ2) is 7.99. The number of anilines is 1. The van der Waals surface area contributed by atoms with Crippen LogP contribution in [0.5, 0.6) is 0 Å². The van der Waals surface area contributed by atoms with Gasteiger partial charge in [0, 0.05) is 23.5 Å². The summed E-state index contributed by atoms with van der Waals surface area (Å²) in [6.45, 7) is 0.0677. The molecule has 3 rings (SSSR count). The quantitative estimate of drug-likeness (QED) is 0.781. The van der Waals surface area contributed by atoms with Crippen LogP contribution < -0.4 is 5.32 Å². The van der Waals surface area contributed by atoms with Gasteiger partial charge in [0.2, 0.25) is 5.91 Å². The van der Waals surface area contributed by atoms with E-state index >= 15 is 0 Å². The van der Waals surface area contributed by atoms with Gasteiger partial charge in [0.05, 0.1) is 18.1 Å². The summed E-state index contributed by atoms with van der Waals surface area (Å²) in [6, 6.07) is 3.56. The Kier molecular flexibility index (Phi) is 5.87. The van der Waals surface area contributed by atoms with Gasteiger partial charge in [-0.3, -0.25) is 9.69 Å². The van der Waals surface area contributed by atoms with E-state index in [0.717, 1.165) is 17.0 Å². The molecule has 0 bridgehead atoms. The first kappa shape index (κ1) is 19.8. The number of likely N-dealkylation sites (N-methyl/N-ethyl adjacent to an activating group) is 1. The van der Waals surface area contributed by atoms with Crippen molar-refractivity contribution in [1.29, 1.82) is 0 Å². The molecule has 0 radical (unpaired) electrons. The van der Waals surface area contributed by atoms with Gasteiger partial charge in [-0.1, -0.05) is 6.07 Å². The normalized spacial score (nSPS) is 18.7.